The number of piperazine rings is 1. The van der Waals surface area contributed by atoms with Crippen LogP contribution < -0.4 is 5.32 Å². The Bertz CT molecular complexity index is 897. The predicted molar refractivity (Wildman–Crippen MR) is 119 cm³/mol. The molecule has 0 aromatic carbocycles. The van der Waals surface area contributed by atoms with Crippen molar-refractivity contribution >= 4 is 5.57 Å². The van der Waals surface area contributed by atoms with E-state index in [1.54, 1.807) is 0 Å². The number of rotatable bonds is 6. The van der Waals surface area contributed by atoms with Crippen LogP contribution in [0.25, 0.3) is 5.57 Å². The van der Waals surface area contributed by atoms with E-state index in [0.717, 1.165) is 57.2 Å². The van der Waals surface area contributed by atoms with Crippen LogP contribution in [0.3, 0.4) is 0 Å². The second kappa shape index (κ2) is 7.92. The Balaban J connectivity index is 1.40. The minimum Gasteiger partial charge on any atom is -0.350 e. The first-order valence-corrected chi connectivity index (χ1v) is 11.1. The fourth-order valence-electron chi connectivity index (χ4n) is 4.85. The Morgan fingerprint density at radius 2 is 2.07 bits per heavy atom. The van der Waals surface area contributed by atoms with Crippen LogP contribution in [-0.2, 0) is 6.42 Å². The largest absolute Gasteiger partial charge is 0.350 e. The zero-order valence-electron chi connectivity index (χ0n) is 17.6. The average molecular weight is 389 g/mol. The van der Waals surface area contributed by atoms with E-state index >= 15 is 0 Å². The lowest BCUT2D eigenvalue weighted by atomic mass is 9.88. The lowest BCUT2D eigenvalue weighted by Crippen LogP contribution is -2.44. The first-order valence-electron chi connectivity index (χ1n) is 11.1. The summed E-state index contributed by atoms with van der Waals surface area (Å²) in [4.78, 5) is 9.22. The maximum absolute atomic E-state index is 4.45. The topological polar surface area (TPSA) is 31.4 Å². The van der Waals surface area contributed by atoms with Crippen molar-refractivity contribution in [1.82, 2.24) is 20.1 Å². The lowest BCUT2D eigenvalue weighted by molar-refractivity contribution is 0.258. The van der Waals surface area contributed by atoms with Gasteiger partial charge in [-0.3, -0.25) is 9.88 Å². The Morgan fingerprint density at radius 1 is 1.24 bits per heavy atom. The second-order valence-corrected chi connectivity index (χ2v) is 9.01. The summed E-state index contributed by atoms with van der Waals surface area (Å²) in [5.41, 5.74) is 9.56. The molecule has 1 aromatic heterocycles. The molecule has 3 heterocycles. The molecule has 0 unspecified atom stereocenters. The summed E-state index contributed by atoms with van der Waals surface area (Å²) in [5.74, 6) is 0.944. The number of pyridine rings is 1. The summed E-state index contributed by atoms with van der Waals surface area (Å²) in [6.07, 6.45) is 15.0. The first-order chi connectivity index (χ1) is 14.2. The summed E-state index contributed by atoms with van der Waals surface area (Å²) in [7, 11) is 2.12. The number of aryl methyl sites for hydroxylation is 1. The van der Waals surface area contributed by atoms with E-state index in [1.807, 2.05) is 6.20 Å². The molecule has 152 valence electrons. The van der Waals surface area contributed by atoms with E-state index in [0.29, 0.717) is 0 Å². The maximum Gasteiger partial charge on any atom is 0.0407 e. The van der Waals surface area contributed by atoms with Crippen LogP contribution in [0.1, 0.15) is 36.8 Å². The normalized spacial score (nSPS) is 22.7. The van der Waals surface area contributed by atoms with E-state index in [1.165, 1.54) is 52.7 Å². The molecule has 1 N–H and O–H groups in total. The van der Waals surface area contributed by atoms with Crippen LogP contribution in [0.15, 0.2) is 59.7 Å². The number of aromatic nitrogens is 1. The second-order valence-electron chi connectivity index (χ2n) is 9.01. The van der Waals surface area contributed by atoms with Crippen LogP contribution in [0, 0.1) is 5.92 Å². The molecule has 1 saturated heterocycles. The predicted octanol–water partition coefficient (Wildman–Crippen LogP) is 3.76. The number of hydrogen-bond donors (Lipinski definition) is 1. The number of nitrogens with zero attached hydrogens (tertiary/aromatic N) is 3. The number of nitrogens with one attached hydrogen (secondary N) is 1. The highest BCUT2D eigenvalue weighted by molar-refractivity contribution is 5.86. The van der Waals surface area contributed by atoms with E-state index in [4.69, 9.17) is 0 Å². The van der Waals surface area contributed by atoms with Crippen LogP contribution in [0.2, 0.25) is 0 Å². The molecular weight excluding hydrogens is 356 g/mol. The molecule has 0 atom stereocenters. The number of likely N-dealkylation sites (N-methyl/N-ethyl adjacent to an activating group) is 1. The molecule has 5 rings (SSSR count). The highest BCUT2D eigenvalue weighted by Gasteiger charge is 2.29. The van der Waals surface area contributed by atoms with Gasteiger partial charge in [0.2, 0.25) is 0 Å². The molecule has 4 aliphatic rings. The summed E-state index contributed by atoms with van der Waals surface area (Å²) >= 11 is 0. The standard InChI is InChI=1S/C25H32N4/c1-18-23-13-20(16-29-11-9-26-10-12-29)14-24(23)25(17-28(18)2)22-7-8-27-15-21(22)6-5-19-3-4-19/h7-8,13,15,17,19,26H,1,3-6,9-12,14,16H2,2H3. The number of hydrogen-bond acceptors (Lipinski definition) is 4. The van der Waals surface area contributed by atoms with E-state index in [-0.39, 0.29) is 0 Å². The van der Waals surface area contributed by atoms with Crippen molar-refractivity contribution in [3.63, 3.8) is 0 Å². The fraction of sp³-hybridized carbons (Fsp3) is 0.480. The summed E-state index contributed by atoms with van der Waals surface area (Å²) < 4.78 is 0. The molecule has 0 amide bonds. The van der Waals surface area contributed by atoms with Crippen molar-refractivity contribution in [1.29, 1.82) is 0 Å². The molecule has 2 fully saturated rings. The SMILES string of the molecule is C=C1C2=C(CC(CN3CCNCC3)=C2)C(c2ccncc2CCC2CC2)=CN1C. The van der Waals surface area contributed by atoms with Gasteiger partial charge < -0.3 is 10.2 Å². The Kier molecular flexibility index (Phi) is 5.15. The van der Waals surface area contributed by atoms with Crippen molar-refractivity contribution in [2.75, 3.05) is 39.8 Å². The minimum atomic E-state index is 0.944. The molecule has 1 saturated carbocycles. The number of allylic oxidation sites excluding steroid dienone is 3. The zero-order chi connectivity index (χ0) is 19.8. The van der Waals surface area contributed by atoms with Crippen molar-refractivity contribution in [2.45, 2.75) is 32.1 Å². The minimum absolute atomic E-state index is 0.944. The van der Waals surface area contributed by atoms with Gasteiger partial charge in [0, 0.05) is 75.2 Å². The fourth-order valence-corrected chi connectivity index (χ4v) is 4.85. The van der Waals surface area contributed by atoms with Gasteiger partial charge in [0.05, 0.1) is 0 Å². The van der Waals surface area contributed by atoms with Crippen LogP contribution in [-0.4, -0.2) is 54.6 Å². The average Bonchev–Trinajstić information content (AvgIpc) is 3.48. The van der Waals surface area contributed by atoms with Crippen molar-refractivity contribution in [3.8, 4) is 0 Å². The molecule has 4 nitrogen and oxygen atoms in total. The van der Waals surface area contributed by atoms with Crippen LogP contribution in [0.5, 0.6) is 0 Å². The Hall–Kier alpha value is -2.17. The Morgan fingerprint density at radius 3 is 2.86 bits per heavy atom. The molecule has 2 aliphatic heterocycles. The van der Waals surface area contributed by atoms with Gasteiger partial charge >= 0.3 is 0 Å². The lowest BCUT2D eigenvalue weighted by Gasteiger charge is -2.28. The smallest absolute Gasteiger partial charge is 0.0407 e. The molecule has 29 heavy (non-hydrogen) atoms. The Labute approximate surface area is 174 Å². The van der Waals surface area contributed by atoms with Crippen molar-refractivity contribution in [3.05, 3.63) is 70.9 Å². The molecule has 0 radical (unpaired) electrons. The quantitative estimate of drug-likeness (QED) is 0.804. The van der Waals surface area contributed by atoms with E-state index in [2.05, 4.69) is 58.3 Å². The van der Waals surface area contributed by atoms with Gasteiger partial charge in [0.25, 0.3) is 0 Å². The molecule has 0 spiro atoms. The maximum atomic E-state index is 4.45. The molecule has 0 bridgehead atoms. The van der Waals surface area contributed by atoms with Crippen molar-refractivity contribution < 1.29 is 0 Å². The third-order valence-electron chi connectivity index (χ3n) is 6.81. The first kappa shape index (κ1) is 18.8. The monoisotopic (exact) mass is 388 g/mol. The summed E-state index contributed by atoms with van der Waals surface area (Å²) in [5, 5.41) is 3.45. The van der Waals surface area contributed by atoms with Gasteiger partial charge in [-0.15, -0.1) is 0 Å². The molecule has 2 aliphatic carbocycles. The van der Waals surface area contributed by atoms with E-state index in [9.17, 15) is 0 Å². The molecule has 4 heteroatoms. The van der Waals surface area contributed by atoms with Crippen LogP contribution in [0.4, 0.5) is 0 Å². The zero-order valence-corrected chi connectivity index (χ0v) is 17.6. The third-order valence-corrected chi connectivity index (χ3v) is 6.81. The van der Waals surface area contributed by atoms with Crippen molar-refractivity contribution in [2.24, 2.45) is 5.92 Å². The van der Waals surface area contributed by atoms with Gasteiger partial charge in [0.1, 0.15) is 0 Å². The summed E-state index contributed by atoms with van der Waals surface area (Å²) in [6, 6.07) is 2.22. The van der Waals surface area contributed by atoms with Gasteiger partial charge in [-0.25, -0.2) is 0 Å². The van der Waals surface area contributed by atoms with Gasteiger partial charge in [0.15, 0.2) is 0 Å². The molecule has 1 aromatic rings. The van der Waals surface area contributed by atoms with Gasteiger partial charge in [-0.05, 0) is 47.9 Å². The summed E-state index contributed by atoms with van der Waals surface area (Å²) in [6.45, 7) is 9.93. The van der Waals surface area contributed by atoms with Gasteiger partial charge in [-0.1, -0.05) is 31.1 Å². The highest BCUT2D eigenvalue weighted by Crippen LogP contribution is 2.44. The molecular formula is C25H32N4. The third kappa shape index (κ3) is 3.96. The van der Waals surface area contributed by atoms with E-state index < -0.39 is 0 Å². The highest BCUT2D eigenvalue weighted by atomic mass is 15.2. The van der Waals surface area contributed by atoms with Crippen LogP contribution >= 0.6 is 0 Å². The van der Waals surface area contributed by atoms with Gasteiger partial charge in [-0.2, -0.15) is 0 Å².